The Kier molecular flexibility index (Phi) is 45.5. The summed E-state index contributed by atoms with van der Waals surface area (Å²) in [6, 6.07) is 12.6. The van der Waals surface area contributed by atoms with Gasteiger partial charge in [0.05, 0.1) is 69.3 Å². The second-order valence-corrected chi connectivity index (χ2v) is 29.9. The fourth-order valence-corrected chi connectivity index (χ4v) is 12.0. The van der Waals surface area contributed by atoms with E-state index in [1.807, 2.05) is 41.5 Å². The molecule has 3 fully saturated rings. The Bertz CT molecular complexity index is 3100. The van der Waals surface area contributed by atoms with Crippen molar-refractivity contribution in [3.63, 3.8) is 0 Å². The number of hydrogen-bond acceptors (Lipinski definition) is 29. The lowest BCUT2D eigenvalue weighted by Gasteiger charge is -2.48. The van der Waals surface area contributed by atoms with E-state index >= 15 is 4.39 Å². The number of amides is 2. The van der Waals surface area contributed by atoms with Crippen molar-refractivity contribution < 1.29 is 142 Å². The van der Waals surface area contributed by atoms with Crippen molar-refractivity contribution in [2.45, 2.75) is 280 Å². The van der Waals surface area contributed by atoms with Crippen LogP contribution in [0.15, 0.2) is 60.7 Å². The summed E-state index contributed by atoms with van der Waals surface area (Å²) in [5, 5.41) is 5.37. The molecule has 2 aromatic carbocycles. The number of halogens is 4. The summed E-state index contributed by atoms with van der Waals surface area (Å²) in [7, 11) is 1.00. The van der Waals surface area contributed by atoms with Crippen molar-refractivity contribution in [1.82, 2.24) is 10.6 Å². The van der Waals surface area contributed by atoms with Gasteiger partial charge in [-0.2, -0.15) is 0 Å². The van der Waals surface area contributed by atoms with E-state index < -0.39 is 207 Å². The molecule has 0 spiro atoms. The molecule has 642 valence electrons. The van der Waals surface area contributed by atoms with Gasteiger partial charge >= 0.3 is 48.0 Å². The quantitative estimate of drug-likeness (QED) is 0.0204. The third kappa shape index (κ3) is 34.3. The Morgan fingerprint density at radius 1 is 0.602 bits per heavy atom. The smallest absolute Gasteiger partial charge is 0.407 e. The molecular formula is C78H118Cl3FN2O29. The van der Waals surface area contributed by atoms with Gasteiger partial charge in [0.1, 0.15) is 74.7 Å². The Morgan fingerprint density at radius 2 is 1.14 bits per heavy atom. The van der Waals surface area contributed by atoms with Crippen LogP contribution in [0.1, 0.15) is 180 Å². The lowest BCUT2D eigenvalue weighted by atomic mass is 9.89. The van der Waals surface area contributed by atoms with Crippen LogP contribution in [0.3, 0.4) is 0 Å². The summed E-state index contributed by atoms with van der Waals surface area (Å²) >= 11 is 18.5. The van der Waals surface area contributed by atoms with Crippen molar-refractivity contribution in [3.8, 4) is 0 Å². The van der Waals surface area contributed by atoms with Gasteiger partial charge in [-0.05, 0) is 76.6 Å². The SMILES string of the molecule is CCCCOCC1O[C@@H](O[C@H](COCCCC)[C@@H](F)OC(COCCCC)[C@H](C)OCCCC)[C@@H](NC(=O)OCC(Cl)(Cl)Cl)C(OCCCC)[C@@H]1O[C@H](OC(CO[C@]1(C(=O)OC)C[C@H]2OC(=O)N[C@H]2C([C@H](OC(C)=O)[C@@H](COC(C)=O)OC(C)=O)O1)[C@@H](C)OCCCC)[C@H](COC(=O)c1ccccc1)OC(=O)c1ccccc1. The number of alkyl halides is 4. The van der Waals surface area contributed by atoms with Crippen LogP contribution in [0.2, 0.25) is 0 Å². The van der Waals surface area contributed by atoms with Crippen molar-refractivity contribution >= 4 is 82.8 Å². The summed E-state index contributed by atoms with van der Waals surface area (Å²) in [5.41, 5.74) is 0.0754. The number of nitrogens with one attached hydrogen (secondary N) is 2. The predicted molar refractivity (Wildman–Crippen MR) is 405 cm³/mol. The number of hydrogen-bond donors (Lipinski definition) is 2. The van der Waals surface area contributed by atoms with E-state index in [4.69, 9.17) is 134 Å². The number of rotatable bonds is 56. The van der Waals surface area contributed by atoms with Crippen LogP contribution in [0.4, 0.5) is 14.0 Å². The number of alkyl carbamates (subject to hydrolysis) is 2. The first kappa shape index (κ1) is 97.7. The second-order valence-electron chi connectivity index (χ2n) is 27.3. The minimum absolute atomic E-state index is 0.000796. The highest BCUT2D eigenvalue weighted by molar-refractivity contribution is 6.67. The molecular weight excluding hydrogens is 1550 g/mol. The van der Waals surface area contributed by atoms with Gasteiger partial charge in [0.2, 0.25) is 10.2 Å². The minimum atomic E-state index is -2.72. The average molecular weight is 1670 g/mol. The van der Waals surface area contributed by atoms with Gasteiger partial charge in [-0.3, -0.25) is 14.4 Å². The van der Waals surface area contributed by atoms with Crippen molar-refractivity contribution in [2.75, 3.05) is 93.0 Å². The summed E-state index contributed by atoms with van der Waals surface area (Å²) in [6.45, 7) is 15.0. The number of esters is 6. The first-order valence-corrected chi connectivity index (χ1v) is 40.1. The van der Waals surface area contributed by atoms with Gasteiger partial charge in [0, 0.05) is 60.4 Å². The first-order chi connectivity index (χ1) is 54.1. The second kappa shape index (κ2) is 52.7. The third-order valence-electron chi connectivity index (χ3n) is 18.0. The number of fused-ring (bicyclic) bond motifs is 1. The molecule has 5 unspecified atom stereocenters. The summed E-state index contributed by atoms with van der Waals surface area (Å²) in [4.78, 5) is 110. The fourth-order valence-electron chi connectivity index (χ4n) is 11.8. The molecule has 3 aliphatic heterocycles. The van der Waals surface area contributed by atoms with Gasteiger partial charge in [-0.1, -0.05) is 151 Å². The van der Waals surface area contributed by atoms with Gasteiger partial charge < -0.3 is 110 Å². The maximum Gasteiger partial charge on any atom is 0.407 e. The van der Waals surface area contributed by atoms with Crippen LogP contribution in [-0.2, 0) is 119 Å². The van der Waals surface area contributed by atoms with Crippen LogP contribution < -0.4 is 10.6 Å². The monoisotopic (exact) mass is 1670 g/mol. The summed E-state index contributed by atoms with van der Waals surface area (Å²) in [5.74, 6) is -8.63. The number of carbonyl (C=O) groups excluding carboxylic acids is 8. The molecule has 0 bridgehead atoms. The van der Waals surface area contributed by atoms with Crippen molar-refractivity contribution in [3.05, 3.63) is 71.8 Å². The molecule has 2 N–H and O–H groups in total. The van der Waals surface area contributed by atoms with E-state index in [9.17, 15) is 38.4 Å². The molecule has 0 radical (unpaired) electrons. The molecule has 2 amide bonds. The molecule has 113 heavy (non-hydrogen) atoms. The Labute approximate surface area is 676 Å². The van der Waals surface area contributed by atoms with Gasteiger partial charge in [0.25, 0.3) is 5.79 Å². The maximum absolute atomic E-state index is 17.9. The highest BCUT2D eigenvalue weighted by Gasteiger charge is 2.62. The molecule has 0 saturated carbocycles. The van der Waals surface area contributed by atoms with Gasteiger partial charge in [-0.25, -0.2) is 28.4 Å². The van der Waals surface area contributed by atoms with E-state index in [1.165, 1.54) is 24.3 Å². The maximum atomic E-state index is 17.9. The van der Waals surface area contributed by atoms with E-state index in [0.29, 0.717) is 71.0 Å². The van der Waals surface area contributed by atoms with E-state index in [2.05, 4.69) is 10.6 Å². The van der Waals surface area contributed by atoms with Crippen molar-refractivity contribution in [2.24, 2.45) is 0 Å². The largest absolute Gasteiger partial charge is 0.465 e. The summed E-state index contributed by atoms with van der Waals surface area (Å²) in [6.07, 6.45) is -20.9. The first-order valence-electron chi connectivity index (χ1n) is 39.0. The molecule has 3 saturated heterocycles. The van der Waals surface area contributed by atoms with Gasteiger partial charge in [0.15, 0.2) is 30.9 Å². The van der Waals surface area contributed by atoms with Gasteiger partial charge in [-0.15, -0.1) is 0 Å². The zero-order valence-corrected chi connectivity index (χ0v) is 69.2. The molecule has 19 atom stereocenters. The molecule has 0 aliphatic carbocycles. The number of ether oxygens (including phenoxy) is 21. The molecule has 3 heterocycles. The zero-order chi connectivity index (χ0) is 82.9. The molecule has 2 aromatic rings. The molecule has 5 rings (SSSR count). The number of benzene rings is 2. The fraction of sp³-hybridized carbons (Fsp3) is 0.744. The molecule has 31 nitrogen and oxygen atoms in total. The lowest BCUT2D eigenvalue weighted by molar-refractivity contribution is -0.349. The lowest BCUT2D eigenvalue weighted by Crippen LogP contribution is -2.68. The topological polar surface area (TPSA) is 354 Å². The Morgan fingerprint density at radius 3 is 1.70 bits per heavy atom. The van der Waals surface area contributed by atoms with Crippen LogP contribution in [0.25, 0.3) is 0 Å². The van der Waals surface area contributed by atoms with E-state index in [1.54, 1.807) is 50.2 Å². The molecule has 0 aromatic heterocycles. The standard InChI is InChI=1S/C78H118Cl3FN2O29/c1-13-19-35-94-42-57(49(7)97-38-22-16-4)106-69(82)61(44-96-37-21-15-3)110-73-64(84-75(91)102-48-78(79,80)81)67(99-40-24-18-6)65(59(109-73)43-95-36-20-14-2)112-72(62(107-71(89)55-33-29-26-30-34-55)46-101-70(88)54-31-27-25-28-32-54)108-58(50(8)98-39-23-17-5)47-103-77(74(90)93-12)41-56-63(83-76(92)111-56)68(113-77)66(105-53(11)87)60(104-52(10)86)45-100-51(9)85/h25-34,49-50,56-69,72-73H,13-24,35-48H2,1-12H3,(H,83,92)(H,84,91)/t49-,50+,56+,57?,58?,59?,60+,61+,62-,63+,64-,65+,66+,67?,68?,69-,72-,73-,77+/m0/s1. The van der Waals surface area contributed by atoms with Crippen LogP contribution >= 0.6 is 34.8 Å². The van der Waals surface area contributed by atoms with E-state index in [-0.39, 0.29) is 50.8 Å². The van der Waals surface area contributed by atoms with E-state index in [0.717, 1.165) is 47.1 Å². The predicted octanol–water partition coefficient (Wildman–Crippen LogP) is 11.0. The Hall–Kier alpha value is -5.92. The molecule has 35 heteroatoms. The normalized spacial score (nSPS) is 22.9. The summed E-state index contributed by atoms with van der Waals surface area (Å²) < 4.78 is 148. The molecule has 3 aliphatic rings. The highest BCUT2D eigenvalue weighted by atomic mass is 35.6. The van der Waals surface area contributed by atoms with Crippen LogP contribution in [0.5, 0.6) is 0 Å². The van der Waals surface area contributed by atoms with Crippen LogP contribution in [-0.4, -0.2) is 261 Å². The third-order valence-corrected chi connectivity index (χ3v) is 18.3. The Balaban J connectivity index is 1.83. The number of methoxy groups -OCH3 is 1. The number of unbranched alkanes of at least 4 members (excludes halogenated alkanes) is 6. The zero-order valence-electron chi connectivity index (χ0n) is 66.9. The highest BCUT2D eigenvalue weighted by Crippen LogP contribution is 2.40. The van der Waals surface area contributed by atoms with Crippen LogP contribution in [0, 0.1) is 0 Å². The number of carbonyl (C=O) groups is 8. The minimum Gasteiger partial charge on any atom is -0.465 e. The van der Waals surface area contributed by atoms with Crippen molar-refractivity contribution in [1.29, 1.82) is 0 Å². The average Bonchev–Trinajstić information content (AvgIpc) is 1.74.